The lowest BCUT2D eigenvalue weighted by atomic mass is 10.0. The first-order valence-electron chi connectivity index (χ1n) is 8.26. The zero-order valence-electron chi connectivity index (χ0n) is 14.7. The van der Waals surface area contributed by atoms with Crippen LogP contribution < -0.4 is 0 Å². The first-order valence-corrected chi connectivity index (χ1v) is 10.8. The van der Waals surface area contributed by atoms with Gasteiger partial charge in [-0.1, -0.05) is 48.9 Å². The lowest BCUT2D eigenvalue weighted by molar-refractivity contribution is -0.131. The number of esters is 2. The van der Waals surface area contributed by atoms with E-state index in [0.29, 0.717) is 24.4 Å². The van der Waals surface area contributed by atoms with Gasteiger partial charge in [0.2, 0.25) is 0 Å². The maximum atomic E-state index is 11.4. The SMILES string of the molecule is O=C(C=S)OC1=CCC(=S)C(c2ccc(C3=CC(OC(=O)C=S)=CCC3=S)s2)=C1. The highest BCUT2D eigenvalue weighted by Crippen LogP contribution is 2.35. The van der Waals surface area contributed by atoms with Crippen LogP contribution in [0, 0.1) is 0 Å². The Morgan fingerprint density at radius 2 is 1.24 bits per heavy atom. The monoisotopic (exact) mass is 476 g/mol. The molecule has 9 heteroatoms. The standard InChI is InChI=1S/C20H12O4S5/c21-19(9-25)23-11-1-3-15(27)13(7-11)17-5-6-18(29-17)14-8-12(2-4-16(14)28)24-20(22)10-26/h1-2,5-10H,3-4H2. The van der Waals surface area contributed by atoms with Crippen LogP contribution in [0.25, 0.3) is 11.1 Å². The van der Waals surface area contributed by atoms with Gasteiger partial charge in [-0.05, 0) is 36.4 Å². The van der Waals surface area contributed by atoms with Crippen LogP contribution in [0.5, 0.6) is 0 Å². The van der Waals surface area contributed by atoms with Crippen LogP contribution in [0.15, 0.2) is 48.0 Å². The molecule has 2 aliphatic rings. The predicted octanol–water partition coefficient (Wildman–Crippen LogP) is 4.92. The van der Waals surface area contributed by atoms with Gasteiger partial charge < -0.3 is 9.47 Å². The van der Waals surface area contributed by atoms with E-state index in [2.05, 4.69) is 24.4 Å². The lowest BCUT2D eigenvalue weighted by Crippen LogP contribution is -2.09. The molecule has 0 amide bonds. The number of carbonyl (C=O) groups is 2. The number of rotatable bonds is 6. The zero-order valence-corrected chi connectivity index (χ0v) is 18.8. The molecule has 0 bridgehead atoms. The minimum atomic E-state index is -0.593. The second kappa shape index (κ2) is 9.64. The molecule has 1 aromatic heterocycles. The molecular weight excluding hydrogens is 465 g/mol. The Balaban J connectivity index is 1.88. The topological polar surface area (TPSA) is 52.6 Å². The molecule has 3 rings (SSSR count). The predicted molar refractivity (Wildman–Crippen MR) is 130 cm³/mol. The highest BCUT2D eigenvalue weighted by Gasteiger charge is 2.20. The molecule has 0 spiro atoms. The summed E-state index contributed by atoms with van der Waals surface area (Å²) in [4.78, 5) is 26.2. The summed E-state index contributed by atoms with van der Waals surface area (Å²) < 4.78 is 10.3. The van der Waals surface area contributed by atoms with Crippen molar-refractivity contribution in [1.82, 2.24) is 0 Å². The number of thiocarbonyl (C=S) groups is 4. The van der Waals surface area contributed by atoms with E-state index in [-0.39, 0.29) is 0 Å². The fourth-order valence-electron chi connectivity index (χ4n) is 2.64. The maximum Gasteiger partial charge on any atom is 0.347 e. The molecule has 146 valence electrons. The average Bonchev–Trinajstić information content (AvgIpc) is 3.20. The Hall–Kier alpha value is -2.04. The van der Waals surface area contributed by atoms with E-state index in [4.69, 9.17) is 33.9 Å². The number of hydrogen-bond acceptors (Lipinski definition) is 9. The molecule has 1 heterocycles. The highest BCUT2D eigenvalue weighted by molar-refractivity contribution is 7.81. The summed E-state index contributed by atoms with van der Waals surface area (Å²) in [6.45, 7) is 0. The van der Waals surface area contributed by atoms with Crippen molar-refractivity contribution >= 4 is 104 Å². The highest BCUT2D eigenvalue weighted by atomic mass is 32.1. The Morgan fingerprint density at radius 3 is 1.62 bits per heavy atom. The summed E-state index contributed by atoms with van der Waals surface area (Å²) in [6.07, 6.45) is 7.96. The van der Waals surface area contributed by atoms with Crippen molar-refractivity contribution in [3.05, 3.63) is 57.7 Å². The van der Waals surface area contributed by atoms with E-state index < -0.39 is 11.9 Å². The van der Waals surface area contributed by atoms with Crippen molar-refractivity contribution in [1.29, 1.82) is 0 Å². The van der Waals surface area contributed by atoms with Crippen molar-refractivity contribution in [2.45, 2.75) is 12.8 Å². The van der Waals surface area contributed by atoms with Crippen molar-refractivity contribution in [3.8, 4) is 0 Å². The van der Waals surface area contributed by atoms with Crippen LogP contribution in [0.3, 0.4) is 0 Å². The quantitative estimate of drug-likeness (QED) is 0.424. The number of carbonyl (C=O) groups excluding carboxylic acids is 2. The Kier molecular flexibility index (Phi) is 7.20. The van der Waals surface area contributed by atoms with Gasteiger partial charge in [-0.3, -0.25) is 0 Å². The van der Waals surface area contributed by atoms with Gasteiger partial charge >= 0.3 is 11.9 Å². The van der Waals surface area contributed by atoms with Crippen LogP contribution in [0.4, 0.5) is 0 Å². The van der Waals surface area contributed by atoms with Gasteiger partial charge in [-0.2, -0.15) is 0 Å². The molecule has 0 saturated carbocycles. The van der Waals surface area contributed by atoms with E-state index in [1.54, 1.807) is 24.3 Å². The Morgan fingerprint density at radius 1 is 0.828 bits per heavy atom. The molecule has 0 atom stereocenters. The summed E-state index contributed by atoms with van der Waals surface area (Å²) in [5.41, 5.74) is 1.63. The van der Waals surface area contributed by atoms with E-state index in [1.807, 2.05) is 12.1 Å². The summed E-state index contributed by atoms with van der Waals surface area (Å²) in [5, 5.41) is 1.89. The third kappa shape index (κ3) is 5.31. The van der Waals surface area contributed by atoms with Crippen LogP contribution in [-0.2, 0) is 19.1 Å². The van der Waals surface area contributed by atoms with Crippen molar-refractivity contribution < 1.29 is 19.1 Å². The normalized spacial score (nSPS) is 16.1. The first-order chi connectivity index (χ1) is 13.9. The summed E-state index contributed by atoms with van der Waals surface area (Å²) in [6, 6.07) is 3.87. The summed E-state index contributed by atoms with van der Waals surface area (Å²) in [5.74, 6) is -0.354. The smallest absolute Gasteiger partial charge is 0.347 e. The number of ether oxygens (including phenoxy) is 2. The van der Waals surface area contributed by atoms with Crippen LogP contribution >= 0.6 is 60.2 Å². The van der Waals surface area contributed by atoms with Crippen LogP contribution in [-0.4, -0.2) is 32.4 Å². The third-order valence-electron chi connectivity index (χ3n) is 3.92. The minimum absolute atomic E-state index is 0.416. The fourth-order valence-corrected chi connectivity index (χ4v) is 4.46. The Labute approximate surface area is 192 Å². The van der Waals surface area contributed by atoms with Gasteiger partial charge in [-0.15, -0.1) is 11.3 Å². The number of allylic oxidation sites excluding steroid dienone is 6. The molecular formula is C20H12O4S5. The molecule has 0 fully saturated rings. The van der Waals surface area contributed by atoms with Gasteiger partial charge in [0.15, 0.2) is 0 Å². The van der Waals surface area contributed by atoms with Crippen LogP contribution in [0.1, 0.15) is 22.6 Å². The lowest BCUT2D eigenvalue weighted by Gasteiger charge is -2.14. The second-order valence-electron chi connectivity index (χ2n) is 5.83. The number of thiophene rings is 1. The van der Waals surface area contributed by atoms with Crippen molar-refractivity contribution in [2.75, 3.05) is 0 Å². The van der Waals surface area contributed by atoms with Gasteiger partial charge in [0.1, 0.15) is 11.5 Å². The van der Waals surface area contributed by atoms with Crippen LogP contribution in [0.2, 0.25) is 0 Å². The molecule has 0 N–H and O–H groups in total. The van der Waals surface area contributed by atoms with Gasteiger partial charge in [-0.25, -0.2) is 9.59 Å². The molecule has 0 radical (unpaired) electrons. The fraction of sp³-hybridized carbons (Fsp3) is 0.100. The van der Waals surface area contributed by atoms with Gasteiger partial charge in [0, 0.05) is 43.5 Å². The molecule has 0 saturated heterocycles. The van der Waals surface area contributed by atoms with Gasteiger partial charge in [0.25, 0.3) is 0 Å². The van der Waals surface area contributed by atoms with Crippen molar-refractivity contribution in [3.63, 3.8) is 0 Å². The Bertz CT molecular complexity index is 986. The largest absolute Gasteiger partial charge is 0.423 e. The maximum absolute atomic E-state index is 11.4. The van der Waals surface area contributed by atoms with Crippen molar-refractivity contribution in [2.24, 2.45) is 0 Å². The number of hydrogen-bond donors (Lipinski definition) is 0. The summed E-state index contributed by atoms with van der Waals surface area (Å²) in [7, 11) is 0. The average molecular weight is 477 g/mol. The van der Waals surface area contributed by atoms with E-state index in [0.717, 1.165) is 41.4 Å². The molecule has 0 aromatic carbocycles. The van der Waals surface area contributed by atoms with Gasteiger partial charge in [0.05, 0.1) is 10.7 Å². The molecule has 0 unspecified atom stereocenters. The summed E-state index contributed by atoms with van der Waals surface area (Å²) >= 11 is 21.6. The molecule has 1 aromatic rings. The van der Waals surface area contributed by atoms with E-state index >= 15 is 0 Å². The second-order valence-corrected chi connectivity index (χ2v) is 8.37. The zero-order chi connectivity index (χ0) is 21.0. The molecule has 4 nitrogen and oxygen atoms in total. The minimum Gasteiger partial charge on any atom is -0.423 e. The van der Waals surface area contributed by atoms with E-state index in [1.165, 1.54) is 11.3 Å². The molecule has 0 aliphatic heterocycles. The third-order valence-corrected chi connectivity index (χ3v) is 6.23. The molecule has 29 heavy (non-hydrogen) atoms. The molecule has 2 aliphatic carbocycles. The first kappa shape index (κ1) is 21.7. The van der Waals surface area contributed by atoms with E-state index in [9.17, 15) is 9.59 Å².